The Kier molecular flexibility index (Phi) is 11.9. The lowest BCUT2D eigenvalue weighted by Gasteiger charge is -2.45. The van der Waals surface area contributed by atoms with Crippen molar-refractivity contribution in [1.29, 1.82) is 0 Å². The molecule has 1 saturated heterocycles. The minimum absolute atomic E-state index is 0.0106. The van der Waals surface area contributed by atoms with Gasteiger partial charge in [0.1, 0.15) is 30.0 Å². The van der Waals surface area contributed by atoms with Gasteiger partial charge in [0.15, 0.2) is 0 Å². The highest BCUT2D eigenvalue weighted by molar-refractivity contribution is 6.32. The minimum atomic E-state index is -3.40. The lowest BCUT2D eigenvalue weighted by atomic mass is 9.87. The van der Waals surface area contributed by atoms with Crippen LogP contribution in [0.15, 0.2) is 11.6 Å². The lowest BCUT2D eigenvalue weighted by Crippen LogP contribution is -2.66. The Morgan fingerprint density at radius 3 is 1.82 bits per heavy atom. The van der Waals surface area contributed by atoms with Crippen molar-refractivity contribution in [2.24, 2.45) is 0 Å². The molecule has 1 unspecified atom stereocenters. The molecule has 1 heterocycles. The molecule has 0 spiro atoms. The van der Waals surface area contributed by atoms with Crippen LogP contribution in [0, 0.1) is 0 Å². The molecular weight excluding hydrogens is 532 g/mol. The topological polar surface area (TPSA) is 285 Å². The molecule has 19 heteroatoms. The zero-order valence-corrected chi connectivity index (χ0v) is 19.5. The average molecular weight is 554 g/mol. The van der Waals surface area contributed by atoms with Crippen molar-refractivity contribution in [3.63, 3.8) is 0 Å². The molecule has 0 aromatic heterocycles. The maximum absolute atomic E-state index is 12.3. The molecule has 0 amide bonds. The number of carbonyl (C=O) groups excluding carboxylic acids is 7. The van der Waals surface area contributed by atoms with E-state index in [4.69, 9.17) is 4.74 Å². The standard InChI is InChI=1S/C19H22O19/c1-7(21)17(29)37-35-12(24)4-3-11(23)34-36-13(25)5-9(18(30)38-33-8(2)22)19(31)16(28)15(27)14(26)10(6-20)32-19/h5,10,14-16,20,26-28,31H,3-4,6H2,1-2H3/b9-5+/t10-,14-,15+,16-,19?/m1/s1. The second kappa shape index (κ2) is 14.1. The van der Waals surface area contributed by atoms with E-state index in [1.165, 1.54) is 0 Å². The van der Waals surface area contributed by atoms with E-state index in [2.05, 4.69) is 29.3 Å². The predicted molar refractivity (Wildman–Crippen MR) is 105 cm³/mol. The van der Waals surface area contributed by atoms with Crippen molar-refractivity contribution < 1.29 is 93.2 Å². The normalized spacial score (nSPS) is 24.9. The maximum Gasteiger partial charge on any atom is 0.421 e. The number of Topliss-reactive ketones (excluding diaryl/α,β-unsaturated/α-hetero) is 1. The largest absolute Gasteiger partial charge is 0.421 e. The van der Waals surface area contributed by atoms with Crippen LogP contribution in [0.2, 0.25) is 0 Å². The smallest absolute Gasteiger partial charge is 0.394 e. The van der Waals surface area contributed by atoms with E-state index in [9.17, 15) is 59.1 Å². The highest BCUT2D eigenvalue weighted by Gasteiger charge is 2.57. The number of aliphatic hydroxyl groups excluding tert-OH is 4. The van der Waals surface area contributed by atoms with E-state index in [-0.39, 0.29) is 6.08 Å². The van der Waals surface area contributed by atoms with Crippen molar-refractivity contribution >= 4 is 41.6 Å². The van der Waals surface area contributed by atoms with Crippen LogP contribution in [0.5, 0.6) is 0 Å². The molecule has 0 aromatic carbocycles. The summed E-state index contributed by atoms with van der Waals surface area (Å²) < 4.78 is 4.87. The van der Waals surface area contributed by atoms with Crippen LogP contribution in [-0.2, 0) is 67.6 Å². The summed E-state index contributed by atoms with van der Waals surface area (Å²) in [5.41, 5.74) is -1.42. The molecule has 0 aromatic rings. The first-order valence-electron chi connectivity index (χ1n) is 10.1. The van der Waals surface area contributed by atoms with Crippen molar-refractivity contribution in [1.82, 2.24) is 0 Å². The summed E-state index contributed by atoms with van der Waals surface area (Å²) in [6.45, 7) is 0.544. The second-order valence-electron chi connectivity index (χ2n) is 7.21. The third-order valence-corrected chi connectivity index (χ3v) is 4.32. The molecule has 1 rings (SSSR count). The molecule has 5 N–H and O–H groups in total. The second-order valence-corrected chi connectivity index (χ2v) is 7.21. The quantitative estimate of drug-likeness (QED) is 0.0817. The van der Waals surface area contributed by atoms with Gasteiger partial charge in [0, 0.05) is 19.9 Å². The summed E-state index contributed by atoms with van der Waals surface area (Å²) in [6, 6.07) is 0. The average Bonchev–Trinajstić information content (AvgIpc) is 2.87. The van der Waals surface area contributed by atoms with Crippen molar-refractivity contribution in [2.75, 3.05) is 6.61 Å². The Bertz CT molecular complexity index is 983. The fourth-order valence-electron chi connectivity index (χ4n) is 2.49. The van der Waals surface area contributed by atoms with Gasteiger partial charge in [-0.2, -0.15) is 0 Å². The summed E-state index contributed by atoms with van der Waals surface area (Å²) >= 11 is 0. The minimum Gasteiger partial charge on any atom is -0.394 e. The van der Waals surface area contributed by atoms with Crippen LogP contribution in [0.3, 0.4) is 0 Å². The summed E-state index contributed by atoms with van der Waals surface area (Å²) in [5, 5.41) is 50.0. The van der Waals surface area contributed by atoms with Crippen LogP contribution in [-0.4, -0.2) is 104 Å². The summed E-state index contributed by atoms with van der Waals surface area (Å²) in [5.74, 6) is -13.5. The molecule has 1 aliphatic rings. The molecule has 0 bridgehead atoms. The van der Waals surface area contributed by atoms with Gasteiger partial charge >= 0.3 is 35.8 Å². The van der Waals surface area contributed by atoms with Gasteiger partial charge in [-0.1, -0.05) is 0 Å². The number of rotatable bonds is 8. The van der Waals surface area contributed by atoms with Crippen LogP contribution in [0.1, 0.15) is 26.7 Å². The van der Waals surface area contributed by atoms with Gasteiger partial charge in [-0.05, 0) is 0 Å². The lowest BCUT2D eigenvalue weighted by molar-refractivity contribution is -0.334. The summed E-state index contributed by atoms with van der Waals surface area (Å²) in [6.07, 6.45) is -10.3. The number of hydrogen-bond donors (Lipinski definition) is 5. The van der Waals surface area contributed by atoms with E-state index >= 15 is 0 Å². The molecule has 212 valence electrons. The van der Waals surface area contributed by atoms with Crippen molar-refractivity contribution in [2.45, 2.75) is 56.9 Å². The number of aliphatic hydroxyl groups is 5. The highest BCUT2D eigenvalue weighted by Crippen LogP contribution is 2.34. The van der Waals surface area contributed by atoms with Gasteiger partial charge < -0.3 is 30.3 Å². The molecule has 5 atom stereocenters. The predicted octanol–water partition coefficient (Wildman–Crippen LogP) is -4.53. The van der Waals surface area contributed by atoms with Gasteiger partial charge in [0.05, 0.1) is 19.4 Å². The highest BCUT2D eigenvalue weighted by atomic mass is 17.2. The van der Waals surface area contributed by atoms with Gasteiger partial charge in [-0.25, -0.2) is 58.1 Å². The van der Waals surface area contributed by atoms with Gasteiger partial charge in [0.25, 0.3) is 0 Å². The van der Waals surface area contributed by atoms with E-state index in [0.29, 0.717) is 0 Å². The fraction of sp³-hybridized carbons (Fsp3) is 0.526. The SMILES string of the molecule is CC(=O)OOC(=O)/C(=C\C(=O)OOC(=O)CCC(=O)OOC(=O)C(C)=O)C1(O)O[C@H](CO)[C@@H](O)[C@H](O)[C@H]1O. The Morgan fingerprint density at radius 2 is 1.32 bits per heavy atom. The van der Waals surface area contributed by atoms with E-state index in [1.807, 2.05) is 0 Å². The molecular formula is C19H22O19. The molecule has 19 nitrogen and oxygen atoms in total. The molecule has 0 saturated carbocycles. The van der Waals surface area contributed by atoms with E-state index in [0.717, 1.165) is 13.8 Å². The zero-order valence-electron chi connectivity index (χ0n) is 19.5. The molecule has 0 aliphatic carbocycles. The fourth-order valence-corrected chi connectivity index (χ4v) is 2.49. The Balaban J connectivity index is 2.95. The number of ether oxygens (including phenoxy) is 1. The number of hydrogen-bond acceptors (Lipinski definition) is 19. The Labute approximate surface area is 210 Å². The Morgan fingerprint density at radius 1 is 0.789 bits per heavy atom. The molecule has 38 heavy (non-hydrogen) atoms. The van der Waals surface area contributed by atoms with E-state index < -0.39 is 96.8 Å². The van der Waals surface area contributed by atoms with Crippen LogP contribution >= 0.6 is 0 Å². The van der Waals surface area contributed by atoms with E-state index in [1.54, 1.807) is 0 Å². The Hall–Kier alpha value is -4.01. The third kappa shape index (κ3) is 8.83. The maximum atomic E-state index is 12.3. The summed E-state index contributed by atoms with van der Waals surface area (Å²) in [7, 11) is 0. The van der Waals surface area contributed by atoms with Gasteiger partial charge in [-0.3, -0.25) is 4.79 Å². The molecule has 1 fully saturated rings. The summed E-state index contributed by atoms with van der Waals surface area (Å²) in [4.78, 5) is 104. The van der Waals surface area contributed by atoms with Crippen LogP contribution in [0.4, 0.5) is 0 Å². The first-order chi connectivity index (χ1) is 17.6. The van der Waals surface area contributed by atoms with Crippen molar-refractivity contribution in [3.05, 3.63) is 11.6 Å². The number of carbonyl (C=O) groups is 7. The number of ketones is 1. The third-order valence-electron chi connectivity index (χ3n) is 4.32. The molecule has 1 aliphatic heterocycles. The zero-order chi connectivity index (χ0) is 29.2. The molecule has 0 radical (unpaired) electrons. The van der Waals surface area contributed by atoms with Crippen LogP contribution in [0.25, 0.3) is 0 Å². The van der Waals surface area contributed by atoms with Gasteiger partial charge in [-0.15, -0.1) is 0 Å². The first kappa shape index (κ1) is 32.0. The van der Waals surface area contributed by atoms with Crippen molar-refractivity contribution in [3.8, 4) is 0 Å². The van der Waals surface area contributed by atoms with Crippen LogP contribution < -0.4 is 0 Å². The monoisotopic (exact) mass is 554 g/mol. The van der Waals surface area contributed by atoms with Gasteiger partial charge in [0.2, 0.25) is 11.6 Å². The first-order valence-corrected chi connectivity index (χ1v) is 10.1.